The maximum atomic E-state index is 5.61. The third kappa shape index (κ3) is 2.86. The van der Waals surface area contributed by atoms with E-state index in [0.717, 1.165) is 17.3 Å². The predicted octanol–water partition coefficient (Wildman–Crippen LogP) is 4.59. The predicted molar refractivity (Wildman–Crippen MR) is 90.4 cm³/mol. The van der Waals surface area contributed by atoms with Crippen molar-refractivity contribution in [2.24, 2.45) is 0 Å². The van der Waals surface area contributed by atoms with E-state index in [0.29, 0.717) is 6.04 Å². The van der Waals surface area contributed by atoms with Gasteiger partial charge in [0.1, 0.15) is 0 Å². The molecule has 1 N–H and O–H groups in total. The number of anilines is 1. The van der Waals surface area contributed by atoms with Crippen LogP contribution in [0.15, 0.2) is 41.8 Å². The summed E-state index contributed by atoms with van der Waals surface area (Å²) in [5.74, 6) is 0. The molecular formula is C16H18N2S2. The van der Waals surface area contributed by atoms with Crippen LogP contribution < -0.4 is 5.32 Å². The van der Waals surface area contributed by atoms with Gasteiger partial charge in [0.15, 0.2) is 5.11 Å². The molecule has 1 aromatic heterocycles. The Hall–Kier alpha value is -1.39. The molecule has 1 aromatic carbocycles. The number of benzene rings is 1. The molecule has 2 nitrogen and oxygen atoms in total. The summed E-state index contributed by atoms with van der Waals surface area (Å²) in [7, 11) is 0. The molecule has 0 aliphatic carbocycles. The van der Waals surface area contributed by atoms with Gasteiger partial charge in [0.2, 0.25) is 0 Å². The molecule has 0 spiro atoms. The van der Waals surface area contributed by atoms with Crippen molar-refractivity contribution in [3.05, 3.63) is 52.2 Å². The van der Waals surface area contributed by atoms with Gasteiger partial charge in [0.05, 0.1) is 6.04 Å². The van der Waals surface area contributed by atoms with E-state index in [9.17, 15) is 0 Å². The topological polar surface area (TPSA) is 15.3 Å². The molecule has 3 rings (SSSR count). The monoisotopic (exact) mass is 302 g/mol. The summed E-state index contributed by atoms with van der Waals surface area (Å²) in [5, 5.41) is 6.36. The number of hydrogen-bond donors (Lipinski definition) is 1. The Morgan fingerprint density at radius 3 is 3.00 bits per heavy atom. The standard InChI is InChI=1S/C16H18N2S2/c1-12-5-2-6-13(11-12)17-16(19)18-9-3-7-14(18)15-8-4-10-20-15/h2,4-6,8,10-11,14H,3,7,9H2,1H3,(H,17,19)/t14-/m1/s1. The van der Waals surface area contributed by atoms with Gasteiger partial charge in [0.25, 0.3) is 0 Å². The number of thiocarbonyl (C=S) groups is 1. The van der Waals surface area contributed by atoms with Crippen LogP contribution in [0.2, 0.25) is 0 Å². The number of aryl methyl sites for hydroxylation is 1. The van der Waals surface area contributed by atoms with Crippen LogP contribution in [0.3, 0.4) is 0 Å². The quantitative estimate of drug-likeness (QED) is 0.817. The van der Waals surface area contributed by atoms with E-state index in [1.807, 2.05) is 11.3 Å². The lowest BCUT2D eigenvalue weighted by Crippen LogP contribution is -2.33. The van der Waals surface area contributed by atoms with Gasteiger partial charge in [-0.05, 0) is 61.1 Å². The summed E-state index contributed by atoms with van der Waals surface area (Å²) in [6, 6.07) is 13.1. The Balaban J connectivity index is 1.73. The number of hydrogen-bond acceptors (Lipinski definition) is 2. The summed E-state index contributed by atoms with van der Waals surface area (Å²) in [6.45, 7) is 3.14. The molecule has 4 heteroatoms. The van der Waals surface area contributed by atoms with Crippen molar-refractivity contribution in [2.75, 3.05) is 11.9 Å². The minimum absolute atomic E-state index is 0.444. The Kier molecular flexibility index (Phi) is 4.03. The molecule has 0 unspecified atom stereocenters. The van der Waals surface area contributed by atoms with E-state index in [1.54, 1.807) is 0 Å². The number of nitrogens with one attached hydrogen (secondary N) is 1. The van der Waals surface area contributed by atoms with Crippen LogP contribution in [0.25, 0.3) is 0 Å². The fourth-order valence-electron chi connectivity index (χ4n) is 2.70. The molecule has 20 heavy (non-hydrogen) atoms. The van der Waals surface area contributed by atoms with Gasteiger partial charge in [-0.25, -0.2) is 0 Å². The molecule has 0 saturated carbocycles. The average Bonchev–Trinajstić information content (AvgIpc) is 3.09. The zero-order valence-electron chi connectivity index (χ0n) is 11.5. The van der Waals surface area contributed by atoms with Gasteiger partial charge >= 0.3 is 0 Å². The lowest BCUT2D eigenvalue weighted by atomic mass is 10.2. The zero-order valence-corrected chi connectivity index (χ0v) is 13.1. The molecule has 1 aliphatic heterocycles. The number of likely N-dealkylation sites (tertiary alicyclic amines) is 1. The second kappa shape index (κ2) is 5.94. The molecule has 1 atom stereocenters. The Bertz CT molecular complexity index is 592. The molecular weight excluding hydrogens is 284 g/mol. The van der Waals surface area contributed by atoms with Crippen molar-refractivity contribution >= 4 is 34.4 Å². The first-order chi connectivity index (χ1) is 9.74. The van der Waals surface area contributed by atoms with Crippen LogP contribution >= 0.6 is 23.6 Å². The maximum Gasteiger partial charge on any atom is 0.173 e. The fourth-order valence-corrected chi connectivity index (χ4v) is 3.91. The van der Waals surface area contributed by atoms with Crippen LogP contribution in [0.1, 0.15) is 29.3 Å². The number of rotatable bonds is 2. The largest absolute Gasteiger partial charge is 0.341 e. The van der Waals surface area contributed by atoms with Gasteiger partial charge in [-0.15, -0.1) is 11.3 Å². The number of nitrogens with zero attached hydrogens (tertiary/aromatic N) is 1. The normalized spacial score (nSPS) is 18.2. The Labute approximate surface area is 129 Å². The Morgan fingerprint density at radius 1 is 1.35 bits per heavy atom. The van der Waals surface area contributed by atoms with E-state index >= 15 is 0 Å². The van der Waals surface area contributed by atoms with Crippen LogP contribution in [-0.2, 0) is 0 Å². The van der Waals surface area contributed by atoms with E-state index in [2.05, 4.69) is 58.9 Å². The second-order valence-corrected chi connectivity index (χ2v) is 6.53. The lowest BCUT2D eigenvalue weighted by molar-refractivity contribution is 0.412. The van der Waals surface area contributed by atoms with Crippen molar-refractivity contribution in [2.45, 2.75) is 25.8 Å². The van der Waals surface area contributed by atoms with Crippen molar-refractivity contribution in [3.8, 4) is 0 Å². The fraction of sp³-hybridized carbons (Fsp3) is 0.312. The van der Waals surface area contributed by atoms with Crippen molar-refractivity contribution in [1.82, 2.24) is 4.90 Å². The first-order valence-corrected chi connectivity index (χ1v) is 8.20. The summed E-state index contributed by atoms with van der Waals surface area (Å²) in [6.07, 6.45) is 2.40. The highest BCUT2D eigenvalue weighted by molar-refractivity contribution is 7.80. The van der Waals surface area contributed by atoms with E-state index in [-0.39, 0.29) is 0 Å². The highest BCUT2D eigenvalue weighted by atomic mass is 32.1. The lowest BCUT2D eigenvalue weighted by Gasteiger charge is -2.27. The molecule has 2 aromatic rings. The SMILES string of the molecule is Cc1cccc(NC(=S)N2CCC[C@@H]2c2cccs2)c1. The first-order valence-electron chi connectivity index (χ1n) is 6.92. The average molecular weight is 302 g/mol. The van der Waals surface area contributed by atoms with Crippen LogP contribution in [0.5, 0.6) is 0 Å². The molecule has 0 amide bonds. The van der Waals surface area contributed by atoms with Crippen LogP contribution in [-0.4, -0.2) is 16.6 Å². The summed E-state index contributed by atoms with van der Waals surface area (Å²) in [4.78, 5) is 3.74. The molecule has 1 fully saturated rings. The minimum atomic E-state index is 0.444. The molecule has 0 radical (unpaired) electrons. The van der Waals surface area contributed by atoms with Gasteiger partial charge in [0, 0.05) is 17.1 Å². The van der Waals surface area contributed by atoms with Crippen LogP contribution in [0, 0.1) is 6.92 Å². The molecule has 0 bridgehead atoms. The zero-order chi connectivity index (χ0) is 13.9. The molecule has 2 heterocycles. The minimum Gasteiger partial charge on any atom is -0.341 e. The number of thiophene rings is 1. The van der Waals surface area contributed by atoms with Crippen molar-refractivity contribution in [3.63, 3.8) is 0 Å². The Morgan fingerprint density at radius 2 is 2.25 bits per heavy atom. The van der Waals surface area contributed by atoms with Gasteiger partial charge in [-0.3, -0.25) is 0 Å². The van der Waals surface area contributed by atoms with Crippen LogP contribution in [0.4, 0.5) is 5.69 Å². The van der Waals surface area contributed by atoms with Gasteiger partial charge in [-0.1, -0.05) is 18.2 Å². The molecule has 1 saturated heterocycles. The van der Waals surface area contributed by atoms with Gasteiger partial charge < -0.3 is 10.2 Å². The smallest absolute Gasteiger partial charge is 0.173 e. The highest BCUT2D eigenvalue weighted by Crippen LogP contribution is 2.34. The van der Waals surface area contributed by atoms with Crippen molar-refractivity contribution < 1.29 is 0 Å². The second-order valence-electron chi connectivity index (χ2n) is 5.17. The van der Waals surface area contributed by atoms with E-state index < -0.39 is 0 Å². The van der Waals surface area contributed by atoms with Crippen molar-refractivity contribution in [1.29, 1.82) is 0 Å². The van der Waals surface area contributed by atoms with E-state index in [1.165, 1.54) is 23.3 Å². The van der Waals surface area contributed by atoms with Gasteiger partial charge in [-0.2, -0.15) is 0 Å². The third-order valence-corrected chi connectivity index (χ3v) is 4.96. The molecule has 1 aliphatic rings. The van der Waals surface area contributed by atoms with E-state index in [4.69, 9.17) is 12.2 Å². The molecule has 104 valence electrons. The highest BCUT2D eigenvalue weighted by Gasteiger charge is 2.28. The summed E-state index contributed by atoms with van der Waals surface area (Å²) < 4.78 is 0. The third-order valence-electron chi connectivity index (χ3n) is 3.65. The first kappa shape index (κ1) is 13.6. The maximum absolute atomic E-state index is 5.61. The summed E-state index contributed by atoms with van der Waals surface area (Å²) >= 11 is 7.43. The summed E-state index contributed by atoms with van der Waals surface area (Å²) in [5.41, 5.74) is 2.32.